The molecule has 116 valence electrons. The summed E-state index contributed by atoms with van der Waals surface area (Å²) in [5, 5.41) is 3.75. The predicted molar refractivity (Wildman–Crippen MR) is 86.7 cm³/mol. The van der Waals surface area contributed by atoms with Crippen molar-refractivity contribution >= 4 is 0 Å². The molecule has 1 aromatic rings. The van der Waals surface area contributed by atoms with Gasteiger partial charge in [-0.25, -0.2) is 0 Å². The second-order valence-corrected chi connectivity index (χ2v) is 7.33. The molecule has 1 aromatic carbocycles. The van der Waals surface area contributed by atoms with Gasteiger partial charge in [0, 0.05) is 36.8 Å². The zero-order chi connectivity index (χ0) is 15.0. The lowest BCUT2D eigenvalue weighted by molar-refractivity contribution is 0.0527. The van der Waals surface area contributed by atoms with E-state index in [1.807, 2.05) is 0 Å². The smallest absolute Gasteiger partial charge is 0.123 e. The molecular formula is C18H28N2O. The van der Waals surface area contributed by atoms with E-state index in [9.17, 15) is 0 Å². The van der Waals surface area contributed by atoms with Crippen LogP contribution in [-0.4, -0.2) is 36.7 Å². The molecule has 1 N–H and O–H groups in total. The lowest BCUT2D eigenvalue weighted by Crippen LogP contribution is -2.62. The van der Waals surface area contributed by atoms with Crippen LogP contribution in [-0.2, 0) is 6.54 Å². The third-order valence-corrected chi connectivity index (χ3v) is 5.06. The number of ether oxygens (including phenoxy) is 1. The Balaban J connectivity index is 1.79. The normalized spacial score (nSPS) is 25.8. The molecule has 0 bridgehead atoms. The summed E-state index contributed by atoms with van der Waals surface area (Å²) in [7, 11) is 1.77. The second kappa shape index (κ2) is 5.62. The highest BCUT2D eigenvalue weighted by Gasteiger charge is 2.40. The maximum absolute atomic E-state index is 5.55. The van der Waals surface area contributed by atoms with E-state index < -0.39 is 0 Å². The van der Waals surface area contributed by atoms with Crippen LogP contribution < -0.4 is 10.1 Å². The van der Waals surface area contributed by atoms with Crippen molar-refractivity contribution in [3.8, 4) is 5.75 Å². The molecule has 1 aliphatic carbocycles. The van der Waals surface area contributed by atoms with Crippen LogP contribution in [0.15, 0.2) is 18.2 Å². The third kappa shape index (κ3) is 3.24. The highest BCUT2D eigenvalue weighted by molar-refractivity contribution is 5.37. The standard InChI is InChI=1S/C18H28N2O/c1-13-5-8-17(21-4)15(9-13)10-20-11-16(14-6-7-14)19-12-18(20,2)3/h5,8-9,14,16,19H,6-7,10-12H2,1-4H3. The zero-order valence-electron chi connectivity index (χ0n) is 13.8. The first-order valence-corrected chi connectivity index (χ1v) is 8.11. The third-order valence-electron chi connectivity index (χ3n) is 5.06. The Labute approximate surface area is 128 Å². The summed E-state index contributed by atoms with van der Waals surface area (Å²) in [6.45, 7) is 10.0. The number of benzene rings is 1. The minimum atomic E-state index is 0.195. The Hall–Kier alpha value is -1.06. The van der Waals surface area contributed by atoms with Crippen molar-refractivity contribution in [1.82, 2.24) is 10.2 Å². The highest BCUT2D eigenvalue weighted by Crippen LogP contribution is 2.36. The van der Waals surface area contributed by atoms with Crippen molar-refractivity contribution in [1.29, 1.82) is 0 Å². The molecule has 1 unspecified atom stereocenters. The maximum atomic E-state index is 5.55. The first-order chi connectivity index (χ1) is 9.99. The number of aryl methyl sites for hydroxylation is 1. The molecule has 2 aliphatic rings. The largest absolute Gasteiger partial charge is 0.496 e. The molecule has 3 heteroatoms. The fourth-order valence-corrected chi connectivity index (χ4v) is 3.37. The lowest BCUT2D eigenvalue weighted by atomic mass is 9.94. The Kier molecular flexibility index (Phi) is 3.98. The highest BCUT2D eigenvalue weighted by atomic mass is 16.5. The summed E-state index contributed by atoms with van der Waals surface area (Å²) in [4.78, 5) is 2.63. The minimum absolute atomic E-state index is 0.195. The number of nitrogens with zero attached hydrogens (tertiary/aromatic N) is 1. The minimum Gasteiger partial charge on any atom is -0.496 e. The van der Waals surface area contributed by atoms with E-state index in [1.165, 1.54) is 24.0 Å². The van der Waals surface area contributed by atoms with E-state index in [0.29, 0.717) is 6.04 Å². The molecule has 3 rings (SSSR count). The van der Waals surface area contributed by atoms with Gasteiger partial charge >= 0.3 is 0 Å². The van der Waals surface area contributed by atoms with Gasteiger partial charge in [0.2, 0.25) is 0 Å². The van der Waals surface area contributed by atoms with Crippen LogP contribution in [0, 0.1) is 12.8 Å². The first kappa shape index (κ1) is 14.9. The van der Waals surface area contributed by atoms with Crippen molar-refractivity contribution in [3.63, 3.8) is 0 Å². The molecule has 2 fully saturated rings. The Morgan fingerprint density at radius 3 is 2.76 bits per heavy atom. The molecule has 1 atom stereocenters. The van der Waals surface area contributed by atoms with E-state index in [1.54, 1.807) is 7.11 Å². The number of piperazine rings is 1. The van der Waals surface area contributed by atoms with Crippen LogP contribution in [0.2, 0.25) is 0 Å². The van der Waals surface area contributed by atoms with Crippen LogP contribution in [0.3, 0.4) is 0 Å². The fraction of sp³-hybridized carbons (Fsp3) is 0.667. The van der Waals surface area contributed by atoms with E-state index >= 15 is 0 Å². The number of hydrogen-bond acceptors (Lipinski definition) is 3. The number of rotatable bonds is 4. The second-order valence-electron chi connectivity index (χ2n) is 7.33. The molecule has 1 saturated carbocycles. The SMILES string of the molecule is COc1ccc(C)cc1CN1CC(C2CC2)NCC1(C)C. The quantitative estimate of drug-likeness (QED) is 0.922. The van der Waals surface area contributed by atoms with Gasteiger partial charge in [-0.3, -0.25) is 4.90 Å². The van der Waals surface area contributed by atoms with Gasteiger partial charge in [-0.2, -0.15) is 0 Å². The van der Waals surface area contributed by atoms with E-state index in [4.69, 9.17) is 4.74 Å². The Morgan fingerprint density at radius 2 is 2.10 bits per heavy atom. The predicted octanol–water partition coefficient (Wildman–Crippen LogP) is 2.97. The van der Waals surface area contributed by atoms with Crippen molar-refractivity contribution in [3.05, 3.63) is 29.3 Å². The van der Waals surface area contributed by atoms with Gasteiger partial charge in [0.15, 0.2) is 0 Å². The Morgan fingerprint density at radius 1 is 1.33 bits per heavy atom. The molecular weight excluding hydrogens is 260 g/mol. The maximum Gasteiger partial charge on any atom is 0.123 e. The van der Waals surface area contributed by atoms with Crippen LogP contribution in [0.4, 0.5) is 0 Å². The molecule has 21 heavy (non-hydrogen) atoms. The monoisotopic (exact) mass is 288 g/mol. The average molecular weight is 288 g/mol. The van der Waals surface area contributed by atoms with Crippen LogP contribution >= 0.6 is 0 Å². The summed E-state index contributed by atoms with van der Waals surface area (Å²) in [6.07, 6.45) is 2.80. The average Bonchev–Trinajstić information content (AvgIpc) is 3.26. The van der Waals surface area contributed by atoms with Gasteiger partial charge in [0.25, 0.3) is 0 Å². The van der Waals surface area contributed by atoms with Crippen molar-refractivity contribution in [2.45, 2.75) is 51.7 Å². The van der Waals surface area contributed by atoms with Gasteiger partial charge < -0.3 is 10.1 Å². The number of nitrogens with one attached hydrogen (secondary N) is 1. The molecule has 1 saturated heterocycles. The van der Waals surface area contributed by atoms with E-state index in [2.05, 4.69) is 49.2 Å². The van der Waals surface area contributed by atoms with Crippen molar-refractivity contribution < 1.29 is 4.74 Å². The summed E-state index contributed by atoms with van der Waals surface area (Å²) < 4.78 is 5.55. The molecule has 0 amide bonds. The molecule has 1 heterocycles. The molecule has 0 spiro atoms. The van der Waals surface area contributed by atoms with Gasteiger partial charge in [-0.1, -0.05) is 17.7 Å². The lowest BCUT2D eigenvalue weighted by Gasteiger charge is -2.46. The van der Waals surface area contributed by atoms with Crippen molar-refractivity contribution in [2.24, 2.45) is 5.92 Å². The molecule has 0 aromatic heterocycles. The van der Waals surface area contributed by atoms with Gasteiger partial charge in [-0.15, -0.1) is 0 Å². The fourth-order valence-electron chi connectivity index (χ4n) is 3.37. The summed E-state index contributed by atoms with van der Waals surface area (Å²) in [6, 6.07) is 7.16. The van der Waals surface area contributed by atoms with Crippen molar-refractivity contribution in [2.75, 3.05) is 20.2 Å². The van der Waals surface area contributed by atoms with E-state index in [0.717, 1.165) is 31.3 Å². The molecule has 0 radical (unpaired) electrons. The topological polar surface area (TPSA) is 24.5 Å². The zero-order valence-corrected chi connectivity index (χ0v) is 13.8. The number of methoxy groups -OCH3 is 1. The summed E-state index contributed by atoms with van der Waals surface area (Å²) in [5.74, 6) is 1.92. The van der Waals surface area contributed by atoms with Gasteiger partial charge in [-0.05, 0) is 45.6 Å². The van der Waals surface area contributed by atoms with Crippen LogP contribution in [0.5, 0.6) is 5.75 Å². The van der Waals surface area contributed by atoms with Crippen LogP contribution in [0.25, 0.3) is 0 Å². The summed E-state index contributed by atoms with van der Waals surface area (Å²) >= 11 is 0. The first-order valence-electron chi connectivity index (χ1n) is 8.11. The van der Waals surface area contributed by atoms with E-state index in [-0.39, 0.29) is 5.54 Å². The Bertz CT molecular complexity index is 508. The number of hydrogen-bond donors (Lipinski definition) is 1. The molecule has 3 nitrogen and oxygen atoms in total. The molecule has 1 aliphatic heterocycles. The van der Waals surface area contributed by atoms with Crippen LogP contribution in [0.1, 0.15) is 37.8 Å². The van der Waals surface area contributed by atoms with Gasteiger partial charge in [0.05, 0.1) is 7.11 Å². The summed E-state index contributed by atoms with van der Waals surface area (Å²) in [5.41, 5.74) is 2.81. The van der Waals surface area contributed by atoms with Gasteiger partial charge in [0.1, 0.15) is 5.75 Å².